The predicted molar refractivity (Wildman–Crippen MR) is 123 cm³/mol. The Labute approximate surface area is 171 Å². The van der Waals surface area contributed by atoms with E-state index in [2.05, 4.69) is 26.8 Å². The van der Waals surface area contributed by atoms with Crippen molar-refractivity contribution in [2.75, 3.05) is 11.5 Å². The Morgan fingerprint density at radius 1 is 0.731 bits per heavy atom. The van der Waals surface area contributed by atoms with Crippen LogP contribution in [0.2, 0.25) is 0 Å². The lowest BCUT2D eigenvalue weighted by Crippen LogP contribution is -1.96. The van der Waals surface area contributed by atoms with Gasteiger partial charge in [-0.3, -0.25) is 0 Å². The first kappa shape index (κ1) is 23.8. The van der Waals surface area contributed by atoms with Gasteiger partial charge in [0, 0.05) is 17.1 Å². The monoisotopic (exact) mass is 396 g/mol. The molecule has 0 aliphatic rings. The zero-order valence-corrected chi connectivity index (χ0v) is 19.0. The van der Waals surface area contributed by atoms with Crippen molar-refractivity contribution in [1.29, 1.82) is 0 Å². The number of phenols is 1. The molecule has 0 saturated carbocycles. The third-order valence-electron chi connectivity index (χ3n) is 4.97. The molecule has 1 aromatic carbocycles. The number of thioether (sulfide) groups is 2. The maximum atomic E-state index is 10.3. The van der Waals surface area contributed by atoms with Crippen molar-refractivity contribution >= 4 is 23.5 Å². The van der Waals surface area contributed by atoms with Crippen LogP contribution >= 0.6 is 23.5 Å². The van der Waals surface area contributed by atoms with Crippen LogP contribution in [0.5, 0.6) is 5.75 Å². The first-order chi connectivity index (χ1) is 12.7. The third kappa shape index (κ3) is 10.2. The number of phenolic OH excluding ortho intramolecular Hbond substituents is 1. The van der Waals surface area contributed by atoms with Crippen molar-refractivity contribution in [2.24, 2.45) is 0 Å². The Morgan fingerprint density at radius 3 is 1.85 bits per heavy atom. The molecule has 0 unspecified atom stereocenters. The topological polar surface area (TPSA) is 20.2 Å². The summed E-state index contributed by atoms with van der Waals surface area (Å²) in [7, 11) is 0. The molecule has 150 valence electrons. The summed E-state index contributed by atoms with van der Waals surface area (Å²) in [6.07, 6.45) is 13.5. The number of benzene rings is 1. The van der Waals surface area contributed by atoms with Crippen LogP contribution in [0.15, 0.2) is 12.1 Å². The molecule has 0 saturated heterocycles. The zero-order valence-electron chi connectivity index (χ0n) is 17.3. The summed E-state index contributed by atoms with van der Waals surface area (Å²) in [6, 6.07) is 4.02. The van der Waals surface area contributed by atoms with Crippen LogP contribution in [0.4, 0.5) is 0 Å². The molecule has 0 aliphatic heterocycles. The lowest BCUT2D eigenvalue weighted by molar-refractivity contribution is 0.470. The highest BCUT2D eigenvalue weighted by atomic mass is 32.2. The van der Waals surface area contributed by atoms with Gasteiger partial charge in [0.25, 0.3) is 0 Å². The van der Waals surface area contributed by atoms with E-state index < -0.39 is 0 Å². The van der Waals surface area contributed by atoms with Gasteiger partial charge in [0.15, 0.2) is 0 Å². The molecule has 1 rings (SSSR count). The summed E-state index contributed by atoms with van der Waals surface area (Å²) in [6.45, 7) is 6.72. The van der Waals surface area contributed by atoms with Gasteiger partial charge in [0.05, 0.1) is 0 Å². The van der Waals surface area contributed by atoms with Gasteiger partial charge in [-0.25, -0.2) is 0 Å². The van der Waals surface area contributed by atoms with Crippen LogP contribution in [-0.4, -0.2) is 16.6 Å². The molecular weight excluding hydrogens is 356 g/mol. The van der Waals surface area contributed by atoms with Gasteiger partial charge in [-0.05, 0) is 48.5 Å². The van der Waals surface area contributed by atoms with Gasteiger partial charge in [-0.15, -0.1) is 0 Å². The summed E-state index contributed by atoms with van der Waals surface area (Å²) < 4.78 is 0. The second-order valence-electron chi connectivity index (χ2n) is 7.28. The number of hydrogen-bond acceptors (Lipinski definition) is 3. The van der Waals surface area contributed by atoms with Crippen LogP contribution < -0.4 is 0 Å². The average molecular weight is 397 g/mol. The molecule has 0 bridgehead atoms. The Kier molecular flexibility index (Phi) is 14.4. The van der Waals surface area contributed by atoms with Gasteiger partial charge in [0.2, 0.25) is 0 Å². The first-order valence-corrected chi connectivity index (χ1v) is 13.0. The van der Waals surface area contributed by atoms with E-state index in [1.54, 1.807) is 0 Å². The molecule has 0 radical (unpaired) electrons. The average Bonchev–Trinajstić information content (AvgIpc) is 2.64. The predicted octanol–water partition coefficient (Wildman–Crippen LogP) is 8.11. The fraction of sp³-hybridized carbons (Fsp3) is 0.739. The Hall–Kier alpha value is -0.280. The molecule has 0 aliphatic carbocycles. The molecule has 0 atom stereocenters. The zero-order chi connectivity index (χ0) is 19.0. The molecular formula is C23H40OS2. The van der Waals surface area contributed by atoms with E-state index in [1.165, 1.54) is 86.8 Å². The van der Waals surface area contributed by atoms with Crippen molar-refractivity contribution in [3.05, 3.63) is 28.8 Å². The highest BCUT2D eigenvalue weighted by molar-refractivity contribution is 7.98. The van der Waals surface area contributed by atoms with Crippen LogP contribution in [-0.2, 0) is 11.5 Å². The Bertz CT molecular complexity index is 474. The second kappa shape index (κ2) is 15.7. The first-order valence-electron chi connectivity index (χ1n) is 10.7. The van der Waals surface area contributed by atoms with Crippen molar-refractivity contribution in [3.63, 3.8) is 0 Å². The van der Waals surface area contributed by atoms with Crippen molar-refractivity contribution in [1.82, 2.24) is 0 Å². The summed E-state index contributed by atoms with van der Waals surface area (Å²) in [4.78, 5) is 0. The Morgan fingerprint density at radius 2 is 1.27 bits per heavy atom. The third-order valence-corrected chi connectivity index (χ3v) is 7.14. The van der Waals surface area contributed by atoms with Crippen LogP contribution in [0.1, 0.15) is 94.7 Å². The van der Waals surface area contributed by atoms with E-state index in [0.29, 0.717) is 5.75 Å². The summed E-state index contributed by atoms with van der Waals surface area (Å²) in [5.41, 5.74) is 3.87. The maximum absolute atomic E-state index is 10.3. The largest absolute Gasteiger partial charge is 0.508 e. The highest BCUT2D eigenvalue weighted by Crippen LogP contribution is 2.30. The van der Waals surface area contributed by atoms with Gasteiger partial charge in [-0.2, -0.15) is 23.5 Å². The number of aromatic hydroxyl groups is 1. The van der Waals surface area contributed by atoms with E-state index in [1.807, 2.05) is 29.6 Å². The van der Waals surface area contributed by atoms with E-state index in [4.69, 9.17) is 0 Å². The van der Waals surface area contributed by atoms with Crippen molar-refractivity contribution in [3.8, 4) is 5.75 Å². The SMILES string of the molecule is CCCCCCCSCc1ccc(O)c(CSCCCCCCC)c1C. The summed E-state index contributed by atoms with van der Waals surface area (Å²) >= 11 is 4.02. The lowest BCUT2D eigenvalue weighted by atomic mass is 10.0. The highest BCUT2D eigenvalue weighted by Gasteiger charge is 2.09. The number of rotatable bonds is 16. The minimum atomic E-state index is 0.481. The van der Waals surface area contributed by atoms with Crippen LogP contribution in [0.3, 0.4) is 0 Å². The fourth-order valence-corrected chi connectivity index (χ4v) is 5.31. The molecule has 0 aromatic heterocycles. The normalized spacial score (nSPS) is 11.2. The van der Waals surface area contributed by atoms with E-state index >= 15 is 0 Å². The molecule has 1 N–H and O–H groups in total. The quantitative estimate of drug-likeness (QED) is 0.285. The van der Waals surface area contributed by atoms with E-state index in [0.717, 1.165) is 17.1 Å². The summed E-state index contributed by atoms with van der Waals surface area (Å²) in [5, 5.41) is 10.3. The van der Waals surface area contributed by atoms with Crippen LogP contribution in [0, 0.1) is 6.92 Å². The molecule has 0 fully saturated rings. The van der Waals surface area contributed by atoms with Crippen LogP contribution in [0.25, 0.3) is 0 Å². The molecule has 0 spiro atoms. The molecule has 0 heterocycles. The minimum Gasteiger partial charge on any atom is -0.508 e. The standard InChI is InChI=1S/C23H40OS2/c1-4-6-8-10-12-16-25-18-21-14-15-23(24)22(20(21)3)19-26-17-13-11-9-7-5-2/h14-15,24H,4-13,16-19H2,1-3H3. The fourth-order valence-electron chi connectivity index (χ4n) is 3.10. The van der Waals surface area contributed by atoms with Crippen molar-refractivity contribution in [2.45, 2.75) is 96.5 Å². The minimum absolute atomic E-state index is 0.481. The van der Waals surface area contributed by atoms with Crippen molar-refractivity contribution < 1.29 is 5.11 Å². The molecule has 1 aromatic rings. The van der Waals surface area contributed by atoms with Gasteiger partial charge < -0.3 is 5.11 Å². The number of unbranched alkanes of at least 4 members (excludes halogenated alkanes) is 8. The number of hydrogen-bond donors (Lipinski definition) is 1. The molecule has 3 heteroatoms. The molecule has 26 heavy (non-hydrogen) atoms. The smallest absolute Gasteiger partial charge is 0.119 e. The van der Waals surface area contributed by atoms with Gasteiger partial charge in [0.1, 0.15) is 5.75 Å². The van der Waals surface area contributed by atoms with Gasteiger partial charge in [-0.1, -0.05) is 71.3 Å². The summed E-state index contributed by atoms with van der Waals surface area (Å²) in [5.74, 6) is 4.97. The Balaban J connectivity index is 2.32. The molecule has 0 amide bonds. The lowest BCUT2D eigenvalue weighted by Gasteiger charge is -2.13. The maximum Gasteiger partial charge on any atom is 0.119 e. The van der Waals surface area contributed by atoms with E-state index in [9.17, 15) is 5.11 Å². The van der Waals surface area contributed by atoms with Gasteiger partial charge >= 0.3 is 0 Å². The molecule has 1 nitrogen and oxygen atoms in total. The van der Waals surface area contributed by atoms with E-state index in [-0.39, 0.29) is 0 Å². The second-order valence-corrected chi connectivity index (χ2v) is 9.49.